The fourth-order valence-electron chi connectivity index (χ4n) is 10.6. The van der Waals surface area contributed by atoms with Crippen molar-refractivity contribution >= 4 is 93.3 Å². The average Bonchev–Trinajstić information content (AvgIpc) is 3.95. The van der Waals surface area contributed by atoms with Crippen molar-refractivity contribution in [2.75, 3.05) is 4.90 Å². The van der Waals surface area contributed by atoms with Crippen LogP contribution in [-0.4, -0.2) is 9.55 Å². The summed E-state index contributed by atoms with van der Waals surface area (Å²) in [6.07, 6.45) is 0. The Balaban J connectivity index is 0.920. The molecule has 0 spiro atoms. The van der Waals surface area contributed by atoms with Gasteiger partial charge in [0.2, 0.25) is 0 Å². The lowest BCUT2D eigenvalue weighted by Gasteiger charge is -2.26. The highest BCUT2D eigenvalue weighted by Gasteiger charge is 2.20. The summed E-state index contributed by atoms with van der Waals surface area (Å²) in [5.41, 5.74) is 15.7. The van der Waals surface area contributed by atoms with E-state index < -0.39 is 0 Å². The highest BCUT2D eigenvalue weighted by Crippen LogP contribution is 2.44. The molecule has 0 saturated carbocycles. The molecule has 0 bridgehead atoms. The number of hydrogen-bond acceptors (Lipinski definition) is 3. The molecule has 0 fully saturated rings. The maximum atomic E-state index is 6.63. The molecule has 322 valence electrons. The van der Waals surface area contributed by atoms with E-state index in [0.29, 0.717) is 0 Å². The third kappa shape index (κ3) is 6.49. The van der Waals surface area contributed by atoms with E-state index in [1.165, 1.54) is 43.6 Å². The third-order valence-corrected chi connectivity index (χ3v) is 13.9. The zero-order chi connectivity index (χ0) is 45.4. The second kappa shape index (κ2) is 15.7. The van der Waals surface area contributed by atoms with E-state index in [9.17, 15) is 0 Å². The first-order valence-electron chi connectivity index (χ1n) is 23.5. The zero-order valence-electron chi connectivity index (χ0n) is 37.4. The molecule has 0 unspecified atom stereocenters. The van der Waals surface area contributed by atoms with Gasteiger partial charge in [-0.15, -0.1) is 0 Å². The van der Waals surface area contributed by atoms with Crippen LogP contribution in [0.4, 0.5) is 17.1 Å². The van der Waals surface area contributed by atoms with Gasteiger partial charge in [-0.3, -0.25) is 0 Å². The van der Waals surface area contributed by atoms with E-state index in [0.717, 1.165) is 88.9 Å². The maximum Gasteiger partial charge on any atom is 0.137 e. The Morgan fingerprint density at radius 1 is 0.348 bits per heavy atom. The molecular formula is C65H41N3O. The smallest absolute Gasteiger partial charge is 0.137 e. The summed E-state index contributed by atoms with van der Waals surface area (Å²) < 4.78 is 9.04. The highest BCUT2D eigenvalue weighted by atomic mass is 16.3. The van der Waals surface area contributed by atoms with Gasteiger partial charge < -0.3 is 13.9 Å². The van der Waals surface area contributed by atoms with Gasteiger partial charge in [0.15, 0.2) is 0 Å². The van der Waals surface area contributed by atoms with E-state index >= 15 is 0 Å². The molecule has 0 N–H and O–H groups in total. The molecule has 0 aliphatic rings. The second-order valence-corrected chi connectivity index (χ2v) is 17.9. The summed E-state index contributed by atoms with van der Waals surface area (Å²) in [4.78, 5) is 7.75. The summed E-state index contributed by atoms with van der Waals surface area (Å²) in [6.45, 7) is 0. The number of hydrogen-bond donors (Lipinski definition) is 0. The Hall–Kier alpha value is -9.25. The first kappa shape index (κ1) is 39.0. The van der Waals surface area contributed by atoms with E-state index in [4.69, 9.17) is 9.40 Å². The minimum Gasteiger partial charge on any atom is -0.456 e. The van der Waals surface area contributed by atoms with Crippen LogP contribution in [0.5, 0.6) is 0 Å². The monoisotopic (exact) mass is 879 g/mol. The Kier molecular flexibility index (Phi) is 8.86. The van der Waals surface area contributed by atoms with Crippen LogP contribution in [0.25, 0.3) is 115 Å². The van der Waals surface area contributed by atoms with Gasteiger partial charge in [-0.1, -0.05) is 158 Å². The summed E-state index contributed by atoms with van der Waals surface area (Å²) in [7, 11) is 0. The van der Waals surface area contributed by atoms with E-state index in [-0.39, 0.29) is 0 Å². The topological polar surface area (TPSA) is 34.2 Å². The van der Waals surface area contributed by atoms with Crippen molar-refractivity contribution in [3.63, 3.8) is 0 Å². The Bertz CT molecular complexity index is 4280. The van der Waals surface area contributed by atoms with Crippen LogP contribution in [-0.2, 0) is 0 Å². The fraction of sp³-hybridized carbons (Fsp3) is 0. The largest absolute Gasteiger partial charge is 0.456 e. The average molecular weight is 880 g/mol. The Morgan fingerprint density at radius 3 is 1.72 bits per heavy atom. The van der Waals surface area contributed by atoms with Gasteiger partial charge in [0.1, 0.15) is 11.2 Å². The summed E-state index contributed by atoms with van der Waals surface area (Å²) in [5, 5.41) is 10.6. The standard InChI is InChI=1S/C65H41N3O/c1-3-13-42(14-4-1)43-23-29-51(30-24-43)67(53-33-35-55-58-37-46-16-7-8-17-47(46)40-62(58)69-63(55)41-53)52-31-25-45(26-32-52)65-57(38-49-18-10-12-22-59(49)66-65)48-27-34-56-61(39-48)68(50-19-5-2-6-20-50)60-36-28-44-15-9-11-21-54(44)64(56)60/h1-41H. The maximum absolute atomic E-state index is 6.63. The third-order valence-electron chi connectivity index (χ3n) is 13.9. The van der Waals surface area contributed by atoms with Crippen LogP contribution >= 0.6 is 0 Å². The van der Waals surface area contributed by atoms with Crippen LogP contribution < -0.4 is 4.90 Å². The second-order valence-electron chi connectivity index (χ2n) is 17.9. The van der Waals surface area contributed by atoms with Crippen LogP contribution in [0, 0.1) is 0 Å². The van der Waals surface area contributed by atoms with Crippen LogP contribution in [0.3, 0.4) is 0 Å². The quantitative estimate of drug-likeness (QED) is 0.160. The molecule has 0 aliphatic carbocycles. The van der Waals surface area contributed by atoms with Gasteiger partial charge in [0, 0.05) is 66.9 Å². The highest BCUT2D eigenvalue weighted by molar-refractivity contribution is 6.22. The molecule has 0 amide bonds. The van der Waals surface area contributed by atoms with Crippen molar-refractivity contribution in [2.24, 2.45) is 0 Å². The molecule has 4 heteroatoms. The van der Waals surface area contributed by atoms with Gasteiger partial charge in [0.05, 0.1) is 22.2 Å². The van der Waals surface area contributed by atoms with E-state index in [1.807, 2.05) is 0 Å². The van der Waals surface area contributed by atoms with Gasteiger partial charge in [-0.05, 0) is 123 Å². The number of pyridine rings is 1. The van der Waals surface area contributed by atoms with Gasteiger partial charge in [0.25, 0.3) is 0 Å². The molecule has 0 atom stereocenters. The summed E-state index contributed by atoms with van der Waals surface area (Å²) in [6, 6.07) is 89.3. The molecule has 14 rings (SSSR count). The molecule has 0 radical (unpaired) electrons. The van der Waals surface area contributed by atoms with Crippen molar-refractivity contribution in [2.45, 2.75) is 0 Å². The van der Waals surface area contributed by atoms with Crippen LogP contribution in [0.1, 0.15) is 0 Å². The van der Waals surface area contributed by atoms with Crippen LogP contribution in [0.2, 0.25) is 0 Å². The summed E-state index contributed by atoms with van der Waals surface area (Å²) >= 11 is 0. The normalized spacial score (nSPS) is 11.8. The van der Waals surface area contributed by atoms with E-state index in [1.54, 1.807) is 0 Å². The number of anilines is 3. The Labute approximate surface area is 398 Å². The first-order valence-corrected chi connectivity index (χ1v) is 23.5. The number of aromatic nitrogens is 2. The zero-order valence-corrected chi connectivity index (χ0v) is 37.4. The van der Waals surface area contributed by atoms with Crippen molar-refractivity contribution < 1.29 is 4.42 Å². The van der Waals surface area contributed by atoms with Gasteiger partial charge >= 0.3 is 0 Å². The van der Waals surface area contributed by atoms with Crippen molar-refractivity contribution in [1.82, 2.24) is 9.55 Å². The minimum atomic E-state index is 0.849. The lowest BCUT2D eigenvalue weighted by atomic mass is 9.95. The fourth-order valence-corrected chi connectivity index (χ4v) is 10.6. The van der Waals surface area contributed by atoms with Crippen molar-refractivity contribution in [1.29, 1.82) is 0 Å². The number of rotatable bonds is 7. The molecule has 69 heavy (non-hydrogen) atoms. The Morgan fingerprint density at radius 2 is 0.942 bits per heavy atom. The SMILES string of the molecule is c1ccc(-c2ccc(N(c3ccc(-c4nc5ccccc5cc4-c4ccc5c6c7ccccc7ccc6n(-c6ccccc6)c5c4)cc3)c3ccc4c(c3)oc3cc5ccccc5cc34)cc2)cc1. The number of para-hydroxylation sites is 2. The molecule has 3 heterocycles. The molecule has 3 aromatic heterocycles. The molecule has 11 aromatic carbocycles. The molecule has 0 saturated heterocycles. The molecule has 0 aliphatic heterocycles. The molecule has 4 nitrogen and oxygen atoms in total. The predicted octanol–water partition coefficient (Wildman–Crippen LogP) is 18.0. The van der Waals surface area contributed by atoms with E-state index in [2.05, 4.69) is 258 Å². The lowest BCUT2D eigenvalue weighted by molar-refractivity contribution is 0.669. The first-order chi connectivity index (χ1) is 34.2. The number of furan rings is 1. The summed E-state index contributed by atoms with van der Waals surface area (Å²) in [5.74, 6) is 0. The number of fused-ring (bicyclic) bond motifs is 10. The number of benzene rings is 11. The lowest BCUT2D eigenvalue weighted by Crippen LogP contribution is -2.09. The molecule has 14 aromatic rings. The van der Waals surface area contributed by atoms with Gasteiger partial charge in [-0.2, -0.15) is 0 Å². The molecular weight excluding hydrogens is 839 g/mol. The van der Waals surface area contributed by atoms with Crippen LogP contribution in [0.15, 0.2) is 253 Å². The van der Waals surface area contributed by atoms with Gasteiger partial charge in [-0.25, -0.2) is 4.98 Å². The van der Waals surface area contributed by atoms with Crippen molar-refractivity contribution in [3.05, 3.63) is 249 Å². The minimum absolute atomic E-state index is 0.849. The predicted molar refractivity (Wildman–Crippen MR) is 289 cm³/mol. The number of nitrogens with zero attached hydrogens (tertiary/aromatic N) is 3. The van der Waals surface area contributed by atoms with Crippen molar-refractivity contribution in [3.8, 4) is 39.2 Å².